The first-order valence-corrected chi connectivity index (χ1v) is 10.0. The van der Waals surface area contributed by atoms with Gasteiger partial charge >= 0.3 is 5.69 Å². The standard InChI is InChI=1S/C20H25ClN4O3/c1-2-3-11-24-17(22)16(18(26)23-20(24)28)25(15-9-4-5-10-15)19(27)13-7-6-8-14(21)12-13/h6-8,12,15H,2-5,9-11,22H2,1H3,(H,23,26,28). The van der Waals surface area contributed by atoms with Gasteiger partial charge in [0.1, 0.15) is 5.82 Å². The van der Waals surface area contributed by atoms with Crippen molar-refractivity contribution in [3.8, 4) is 0 Å². The molecule has 0 bridgehead atoms. The second-order valence-electron chi connectivity index (χ2n) is 7.12. The van der Waals surface area contributed by atoms with E-state index in [2.05, 4.69) is 4.98 Å². The Balaban J connectivity index is 2.15. The first-order chi connectivity index (χ1) is 13.4. The van der Waals surface area contributed by atoms with Crippen LogP contribution in [0.5, 0.6) is 0 Å². The maximum Gasteiger partial charge on any atom is 0.330 e. The lowest BCUT2D eigenvalue weighted by Gasteiger charge is -2.30. The average molecular weight is 405 g/mol. The summed E-state index contributed by atoms with van der Waals surface area (Å²) < 4.78 is 1.34. The second-order valence-corrected chi connectivity index (χ2v) is 7.56. The number of halogens is 1. The molecule has 3 N–H and O–H groups in total. The Hall–Kier alpha value is -2.54. The molecule has 1 saturated carbocycles. The SMILES string of the molecule is CCCCn1c(N)c(N(C(=O)c2cccc(Cl)c2)C2CCCC2)c(=O)[nH]c1=O. The molecule has 1 heterocycles. The van der Waals surface area contributed by atoms with Gasteiger partial charge in [-0.2, -0.15) is 0 Å². The number of carbonyl (C=O) groups is 1. The molecule has 1 aliphatic rings. The molecule has 8 heteroatoms. The molecule has 1 aromatic carbocycles. The number of nitrogens with zero attached hydrogens (tertiary/aromatic N) is 2. The second kappa shape index (κ2) is 8.65. The Bertz CT molecular complexity index is 976. The summed E-state index contributed by atoms with van der Waals surface area (Å²) in [5.41, 5.74) is 5.50. The van der Waals surface area contributed by atoms with Crippen molar-refractivity contribution in [1.82, 2.24) is 9.55 Å². The van der Waals surface area contributed by atoms with Gasteiger partial charge in [0.15, 0.2) is 5.69 Å². The molecule has 0 saturated heterocycles. The van der Waals surface area contributed by atoms with Crippen molar-refractivity contribution in [2.45, 2.75) is 58.0 Å². The summed E-state index contributed by atoms with van der Waals surface area (Å²) >= 11 is 6.06. The molecule has 1 amide bonds. The van der Waals surface area contributed by atoms with Crippen LogP contribution in [0, 0.1) is 0 Å². The molecule has 2 aromatic rings. The van der Waals surface area contributed by atoms with Gasteiger partial charge in [-0.3, -0.25) is 24.0 Å². The number of hydrogen-bond acceptors (Lipinski definition) is 4. The van der Waals surface area contributed by atoms with Crippen LogP contribution in [0.2, 0.25) is 5.02 Å². The van der Waals surface area contributed by atoms with Crippen LogP contribution in [0.3, 0.4) is 0 Å². The van der Waals surface area contributed by atoms with E-state index in [0.717, 1.165) is 38.5 Å². The topological polar surface area (TPSA) is 101 Å². The van der Waals surface area contributed by atoms with Gasteiger partial charge < -0.3 is 5.73 Å². The van der Waals surface area contributed by atoms with Gasteiger partial charge in [0.25, 0.3) is 11.5 Å². The van der Waals surface area contributed by atoms with E-state index in [9.17, 15) is 14.4 Å². The molecular formula is C20H25ClN4O3. The summed E-state index contributed by atoms with van der Waals surface area (Å²) in [4.78, 5) is 42.1. The number of nitrogens with one attached hydrogen (secondary N) is 1. The molecule has 0 atom stereocenters. The van der Waals surface area contributed by atoms with E-state index < -0.39 is 11.2 Å². The normalized spacial score (nSPS) is 14.4. The van der Waals surface area contributed by atoms with Crippen LogP contribution in [-0.2, 0) is 6.54 Å². The average Bonchev–Trinajstić information content (AvgIpc) is 3.18. The lowest BCUT2D eigenvalue weighted by atomic mass is 10.1. The van der Waals surface area contributed by atoms with E-state index in [0.29, 0.717) is 17.1 Å². The predicted molar refractivity (Wildman–Crippen MR) is 111 cm³/mol. The molecule has 0 spiro atoms. The van der Waals surface area contributed by atoms with Gasteiger partial charge in [0, 0.05) is 23.2 Å². The van der Waals surface area contributed by atoms with E-state index in [4.69, 9.17) is 17.3 Å². The van der Waals surface area contributed by atoms with Crippen LogP contribution >= 0.6 is 11.6 Å². The Morgan fingerprint density at radius 1 is 1.32 bits per heavy atom. The van der Waals surface area contributed by atoms with Crippen LogP contribution in [0.15, 0.2) is 33.9 Å². The molecule has 0 aliphatic heterocycles. The molecule has 0 unspecified atom stereocenters. The fraction of sp³-hybridized carbons (Fsp3) is 0.450. The van der Waals surface area contributed by atoms with Gasteiger partial charge in [-0.05, 0) is 37.5 Å². The zero-order chi connectivity index (χ0) is 20.3. The number of nitrogens with two attached hydrogens (primary N) is 1. The number of unbranched alkanes of at least 4 members (excludes halogenated alkanes) is 1. The summed E-state index contributed by atoms with van der Waals surface area (Å²) in [7, 11) is 0. The molecule has 28 heavy (non-hydrogen) atoms. The summed E-state index contributed by atoms with van der Waals surface area (Å²) in [6.07, 6.45) is 5.10. The zero-order valence-corrected chi connectivity index (χ0v) is 16.7. The number of H-pyrrole nitrogens is 1. The molecular weight excluding hydrogens is 380 g/mol. The van der Waals surface area contributed by atoms with Crippen LogP contribution in [-0.4, -0.2) is 21.5 Å². The van der Waals surface area contributed by atoms with Gasteiger partial charge in [-0.15, -0.1) is 0 Å². The van der Waals surface area contributed by atoms with E-state index in [1.165, 1.54) is 9.47 Å². The molecule has 0 radical (unpaired) electrons. The number of aromatic nitrogens is 2. The predicted octanol–water partition coefficient (Wildman–Crippen LogP) is 3.16. The number of benzene rings is 1. The first kappa shape index (κ1) is 20.2. The van der Waals surface area contributed by atoms with E-state index in [1.807, 2.05) is 6.92 Å². The maximum absolute atomic E-state index is 13.4. The minimum Gasteiger partial charge on any atom is -0.383 e. The number of hydrogen-bond donors (Lipinski definition) is 2. The Morgan fingerprint density at radius 3 is 2.68 bits per heavy atom. The number of amides is 1. The molecule has 7 nitrogen and oxygen atoms in total. The smallest absolute Gasteiger partial charge is 0.330 e. The monoisotopic (exact) mass is 404 g/mol. The highest BCUT2D eigenvalue weighted by Gasteiger charge is 2.33. The molecule has 1 fully saturated rings. The molecule has 1 aromatic heterocycles. The highest BCUT2D eigenvalue weighted by atomic mass is 35.5. The Kier molecular flexibility index (Phi) is 6.24. The van der Waals surface area contributed by atoms with Gasteiger partial charge in [0.05, 0.1) is 0 Å². The van der Waals surface area contributed by atoms with Crippen molar-refractivity contribution in [2.24, 2.45) is 0 Å². The summed E-state index contributed by atoms with van der Waals surface area (Å²) in [5, 5.41) is 0.437. The van der Waals surface area contributed by atoms with Crippen LogP contribution in [0.4, 0.5) is 11.5 Å². The number of rotatable bonds is 6. The largest absolute Gasteiger partial charge is 0.383 e. The lowest BCUT2D eigenvalue weighted by molar-refractivity contribution is 0.0976. The molecule has 3 rings (SSSR count). The van der Waals surface area contributed by atoms with E-state index >= 15 is 0 Å². The molecule has 1 aliphatic carbocycles. The number of anilines is 2. The van der Waals surface area contributed by atoms with Gasteiger partial charge in [0.2, 0.25) is 0 Å². The molecule has 150 valence electrons. The van der Waals surface area contributed by atoms with Crippen LogP contribution in [0.1, 0.15) is 55.8 Å². The van der Waals surface area contributed by atoms with Gasteiger partial charge in [-0.1, -0.05) is 43.9 Å². The third-order valence-electron chi connectivity index (χ3n) is 5.17. The Morgan fingerprint density at radius 2 is 2.04 bits per heavy atom. The first-order valence-electron chi connectivity index (χ1n) is 9.65. The fourth-order valence-corrected chi connectivity index (χ4v) is 3.91. The highest BCUT2D eigenvalue weighted by molar-refractivity contribution is 6.31. The fourth-order valence-electron chi connectivity index (χ4n) is 3.72. The maximum atomic E-state index is 13.4. The van der Waals surface area contributed by atoms with Crippen molar-refractivity contribution >= 4 is 29.0 Å². The van der Waals surface area contributed by atoms with E-state index in [-0.39, 0.29) is 23.5 Å². The van der Waals surface area contributed by atoms with Crippen molar-refractivity contribution in [1.29, 1.82) is 0 Å². The third-order valence-corrected chi connectivity index (χ3v) is 5.41. The quantitative estimate of drug-likeness (QED) is 0.771. The summed E-state index contributed by atoms with van der Waals surface area (Å²) in [6, 6.07) is 6.46. The summed E-state index contributed by atoms with van der Waals surface area (Å²) in [6.45, 7) is 2.39. The minimum atomic E-state index is -0.641. The summed E-state index contributed by atoms with van der Waals surface area (Å²) in [5.74, 6) is -0.309. The number of nitrogen functional groups attached to an aromatic ring is 1. The van der Waals surface area contributed by atoms with Gasteiger partial charge in [-0.25, -0.2) is 4.79 Å². The van der Waals surface area contributed by atoms with Crippen molar-refractivity contribution < 1.29 is 4.79 Å². The van der Waals surface area contributed by atoms with Crippen molar-refractivity contribution in [3.05, 3.63) is 55.7 Å². The Labute approximate surface area is 168 Å². The van der Waals surface area contributed by atoms with Crippen molar-refractivity contribution in [3.63, 3.8) is 0 Å². The third kappa shape index (κ3) is 3.99. The number of aromatic amines is 1. The number of carbonyl (C=O) groups excluding carboxylic acids is 1. The highest BCUT2D eigenvalue weighted by Crippen LogP contribution is 2.31. The van der Waals surface area contributed by atoms with E-state index in [1.54, 1.807) is 24.3 Å². The van der Waals surface area contributed by atoms with Crippen LogP contribution in [0.25, 0.3) is 0 Å². The lowest BCUT2D eigenvalue weighted by Crippen LogP contribution is -2.45. The zero-order valence-electron chi connectivity index (χ0n) is 15.9. The van der Waals surface area contributed by atoms with Crippen LogP contribution < -0.4 is 21.9 Å². The van der Waals surface area contributed by atoms with Crippen molar-refractivity contribution in [2.75, 3.05) is 10.6 Å². The minimum absolute atomic E-state index is 0.0319.